The Morgan fingerprint density at radius 3 is 2.39 bits per heavy atom. The van der Waals surface area contributed by atoms with Crippen LogP contribution in [-0.4, -0.2) is 37.1 Å². The van der Waals surface area contributed by atoms with Gasteiger partial charge in [-0.3, -0.25) is 5.84 Å². The molecule has 5 nitrogen and oxygen atoms in total. The molecule has 3 N–H and O–H groups in total. The minimum Gasteiger partial charge on any atom is -0.461 e. The third-order valence-corrected chi connectivity index (χ3v) is 2.82. The minimum absolute atomic E-state index is 0.300. The van der Waals surface area contributed by atoms with Crippen molar-refractivity contribution in [1.29, 1.82) is 0 Å². The standard InChI is InChI=1S/C13H21N3O2/c1-3-16(4-2)9-10-18-13(17)11-5-7-12(15-14)8-6-11/h5-8,15H,3-4,9-10,14H2,1-2H3. The summed E-state index contributed by atoms with van der Waals surface area (Å²) in [7, 11) is 0. The Morgan fingerprint density at radius 1 is 1.28 bits per heavy atom. The number of hydrogen-bond acceptors (Lipinski definition) is 5. The predicted molar refractivity (Wildman–Crippen MR) is 72.3 cm³/mol. The molecule has 0 atom stereocenters. The average molecular weight is 251 g/mol. The summed E-state index contributed by atoms with van der Waals surface area (Å²) in [6.07, 6.45) is 0. The average Bonchev–Trinajstić information content (AvgIpc) is 2.43. The van der Waals surface area contributed by atoms with Crippen LogP contribution in [0.15, 0.2) is 24.3 Å². The molecule has 0 saturated carbocycles. The molecule has 1 rings (SSSR count). The molecule has 5 heteroatoms. The summed E-state index contributed by atoms with van der Waals surface area (Å²) in [4.78, 5) is 13.9. The van der Waals surface area contributed by atoms with Gasteiger partial charge in [0.1, 0.15) is 6.61 Å². The predicted octanol–water partition coefficient (Wildman–Crippen LogP) is 1.47. The fourth-order valence-corrected chi connectivity index (χ4v) is 1.59. The smallest absolute Gasteiger partial charge is 0.338 e. The number of nitrogens with one attached hydrogen (secondary N) is 1. The van der Waals surface area contributed by atoms with Gasteiger partial charge in [-0.05, 0) is 37.4 Å². The van der Waals surface area contributed by atoms with E-state index in [0.717, 1.165) is 25.3 Å². The van der Waals surface area contributed by atoms with Gasteiger partial charge in [0, 0.05) is 12.2 Å². The van der Waals surface area contributed by atoms with Gasteiger partial charge in [0.25, 0.3) is 0 Å². The number of benzene rings is 1. The molecule has 100 valence electrons. The summed E-state index contributed by atoms with van der Waals surface area (Å²) in [6, 6.07) is 6.85. The van der Waals surface area contributed by atoms with E-state index in [1.54, 1.807) is 24.3 Å². The van der Waals surface area contributed by atoms with Gasteiger partial charge in [-0.25, -0.2) is 4.79 Å². The van der Waals surface area contributed by atoms with E-state index in [2.05, 4.69) is 24.2 Å². The molecule has 0 amide bonds. The maximum atomic E-state index is 11.7. The molecule has 0 aliphatic carbocycles. The van der Waals surface area contributed by atoms with Crippen molar-refractivity contribution in [2.75, 3.05) is 31.7 Å². The summed E-state index contributed by atoms with van der Waals surface area (Å²) >= 11 is 0. The van der Waals surface area contributed by atoms with E-state index in [1.807, 2.05) is 0 Å². The SMILES string of the molecule is CCN(CC)CCOC(=O)c1ccc(NN)cc1. The van der Waals surface area contributed by atoms with Crippen molar-refractivity contribution in [2.24, 2.45) is 5.84 Å². The van der Waals surface area contributed by atoms with Crippen molar-refractivity contribution in [2.45, 2.75) is 13.8 Å². The fraction of sp³-hybridized carbons (Fsp3) is 0.462. The number of nitrogens with zero attached hydrogens (tertiary/aromatic N) is 1. The quantitative estimate of drug-likeness (QED) is 0.436. The number of esters is 1. The molecule has 1 aromatic rings. The summed E-state index contributed by atoms with van der Waals surface area (Å²) < 4.78 is 5.20. The Hall–Kier alpha value is -1.59. The number of carbonyl (C=O) groups is 1. The molecule has 1 aromatic carbocycles. The Morgan fingerprint density at radius 2 is 1.89 bits per heavy atom. The number of ether oxygens (including phenoxy) is 1. The van der Waals surface area contributed by atoms with Gasteiger partial charge >= 0.3 is 5.97 Å². The highest BCUT2D eigenvalue weighted by atomic mass is 16.5. The van der Waals surface area contributed by atoms with Crippen LogP contribution >= 0.6 is 0 Å². The fourth-order valence-electron chi connectivity index (χ4n) is 1.59. The molecule has 18 heavy (non-hydrogen) atoms. The molecule has 0 saturated heterocycles. The van der Waals surface area contributed by atoms with Gasteiger partial charge in [0.15, 0.2) is 0 Å². The lowest BCUT2D eigenvalue weighted by Gasteiger charge is -2.17. The van der Waals surface area contributed by atoms with Crippen LogP contribution in [0.3, 0.4) is 0 Å². The first-order valence-electron chi connectivity index (χ1n) is 6.17. The Balaban J connectivity index is 2.40. The van der Waals surface area contributed by atoms with Crippen LogP contribution in [0, 0.1) is 0 Å². The highest BCUT2D eigenvalue weighted by Gasteiger charge is 2.07. The van der Waals surface area contributed by atoms with E-state index in [9.17, 15) is 4.79 Å². The lowest BCUT2D eigenvalue weighted by atomic mass is 10.2. The maximum Gasteiger partial charge on any atom is 0.338 e. The van der Waals surface area contributed by atoms with Crippen molar-refractivity contribution in [1.82, 2.24) is 4.90 Å². The lowest BCUT2D eigenvalue weighted by molar-refractivity contribution is 0.0466. The normalized spacial score (nSPS) is 10.4. The van der Waals surface area contributed by atoms with Crippen LogP contribution < -0.4 is 11.3 Å². The number of hydrogen-bond donors (Lipinski definition) is 2. The number of likely N-dealkylation sites (N-methyl/N-ethyl adjacent to an activating group) is 1. The Labute approximate surface area is 108 Å². The van der Waals surface area contributed by atoms with Crippen LogP contribution in [-0.2, 0) is 4.74 Å². The zero-order chi connectivity index (χ0) is 13.4. The number of rotatable bonds is 7. The molecule has 0 aromatic heterocycles. The second-order valence-electron chi connectivity index (χ2n) is 3.88. The largest absolute Gasteiger partial charge is 0.461 e. The van der Waals surface area contributed by atoms with E-state index in [1.165, 1.54) is 0 Å². The van der Waals surface area contributed by atoms with Gasteiger partial charge in [0.2, 0.25) is 0 Å². The van der Waals surface area contributed by atoms with Crippen LogP contribution in [0.25, 0.3) is 0 Å². The summed E-state index contributed by atoms with van der Waals surface area (Å²) in [5.74, 6) is 4.95. The molecule has 0 radical (unpaired) electrons. The summed E-state index contributed by atoms with van der Waals surface area (Å²) in [5.41, 5.74) is 3.80. The number of nitrogens with two attached hydrogens (primary N) is 1. The third-order valence-electron chi connectivity index (χ3n) is 2.82. The first kappa shape index (κ1) is 14.5. The minimum atomic E-state index is -0.300. The molecule has 0 fully saturated rings. The van der Waals surface area contributed by atoms with Crippen LogP contribution in [0.2, 0.25) is 0 Å². The van der Waals surface area contributed by atoms with Crippen molar-refractivity contribution < 1.29 is 9.53 Å². The molecule has 0 heterocycles. The second-order valence-corrected chi connectivity index (χ2v) is 3.88. The van der Waals surface area contributed by atoms with Crippen LogP contribution in [0.5, 0.6) is 0 Å². The highest BCUT2D eigenvalue weighted by Crippen LogP contribution is 2.09. The van der Waals surface area contributed by atoms with E-state index in [0.29, 0.717) is 12.2 Å². The molecule has 0 bridgehead atoms. The molecule has 0 spiro atoms. The summed E-state index contributed by atoms with van der Waals surface area (Å²) in [5, 5.41) is 0. The first-order valence-corrected chi connectivity index (χ1v) is 6.17. The number of hydrazine groups is 1. The van der Waals surface area contributed by atoms with E-state index in [-0.39, 0.29) is 5.97 Å². The van der Waals surface area contributed by atoms with Crippen molar-refractivity contribution >= 4 is 11.7 Å². The van der Waals surface area contributed by atoms with Crippen molar-refractivity contribution in [3.63, 3.8) is 0 Å². The molecule has 0 aliphatic heterocycles. The molecule has 0 aliphatic rings. The van der Waals surface area contributed by atoms with Gasteiger partial charge in [-0.2, -0.15) is 0 Å². The number of nitrogen functional groups attached to an aromatic ring is 1. The van der Waals surface area contributed by atoms with Gasteiger partial charge in [-0.1, -0.05) is 13.8 Å². The van der Waals surface area contributed by atoms with Crippen LogP contribution in [0.1, 0.15) is 24.2 Å². The van der Waals surface area contributed by atoms with E-state index in [4.69, 9.17) is 10.6 Å². The van der Waals surface area contributed by atoms with Gasteiger partial charge in [-0.15, -0.1) is 0 Å². The Kier molecular flexibility index (Phi) is 6.18. The third kappa shape index (κ3) is 4.35. The Bertz CT molecular complexity index is 361. The molecular weight excluding hydrogens is 230 g/mol. The molecule has 0 unspecified atom stereocenters. The van der Waals surface area contributed by atoms with Crippen molar-refractivity contribution in [3.05, 3.63) is 29.8 Å². The topological polar surface area (TPSA) is 67.6 Å². The zero-order valence-electron chi connectivity index (χ0n) is 11.0. The van der Waals surface area contributed by atoms with Gasteiger partial charge < -0.3 is 15.1 Å². The number of carbonyl (C=O) groups excluding carboxylic acids is 1. The summed E-state index contributed by atoms with van der Waals surface area (Å²) in [6.45, 7) is 7.28. The van der Waals surface area contributed by atoms with Crippen LogP contribution in [0.4, 0.5) is 5.69 Å². The first-order chi connectivity index (χ1) is 8.71. The molecular formula is C13H21N3O2. The van der Waals surface area contributed by atoms with E-state index < -0.39 is 0 Å². The maximum absolute atomic E-state index is 11.7. The monoisotopic (exact) mass is 251 g/mol. The number of anilines is 1. The van der Waals surface area contributed by atoms with Crippen molar-refractivity contribution in [3.8, 4) is 0 Å². The second kappa shape index (κ2) is 7.68. The lowest BCUT2D eigenvalue weighted by Crippen LogP contribution is -2.27. The van der Waals surface area contributed by atoms with E-state index >= 15 is 0 Å². The highest BCUT2D eigenvalue weighted by molar-refractivity contribution is 5.89. The zero-order valence-corrected chi connectivity index (χ0v) is 11.0. The van der Waals surface area contributed by atoms with Gasteiger partial charge in [0.05, 0.1) is 5.56 Å².